The van der Waals surface area contributed by atoms with E-state index in [-0.39, 0.29) is 14.9 Å². The molecular weight excluding hydrogens is 809 g/mol. The van der Waals surface area contributed by atoms with Gasteiger partial charge in [0, 0.05) is 10.8 Å². The number of aromatic hydroxyl groups is 4. The molecule has 0 saturated heterocycles. The maximum Gasteiger partial charge on any atom is 0.123 e. The van der Waals surface area contributed by atoms with E-state index in [4.69, 9.17) is 10.2 Å². The molecule has 0 aliphatic carbocycles. The monoisotopic (exact) mass is 877 g/mol. The van der Waals surface area contributed by atoms with E-state index in [0.717, 1.165) is 68.8 Å². The van der Waals surface area contributed by atoms with Gasteiger partial charge in [0.05, 0.1) is 0 Å². The van der Waals surface area contributed by atoms with Crippen molar-refractivity contribution in [2.45, 2.75) is 68.2 Å². The molecule has 10 rings (SSSR count). The van der Waals surface area contributed by atoms with E-state index >= 15 is 0 Å². The SMILES string of the molecule is C.C.CCc1ccc(CC)cc1.CCc1ccc(CC)cc1.Oc1ccc2ccccc2c1.Oc1ccc2ccccc2c1.Oc1cccc2ccccc12.Oc1cccc2ccccc12. The predicted octanol–water partition coefficient (Wildman–Crippen LogP) is 17.1. The zero-order valence-corrected chi connectivity index (χ0v) is 37.4. The molecule has 0 aliphatic heterocycles. The standard InChI is InChI=1S/4C10H8O.2C10H14.2CH4/c2*11-10-7-3-5-8-4-1-2-6-9(8)10;2*11-10-6-5-8-3-1-2-4-9(8)7-10;2*1-3-9-5-7-10(4-2)8-6-9;;/h4*1-7,11H;2*5-8H,3-4H2,1-2H3;2*1H4. The van der Waals surface area contributed by atoms with Crippen molar-refractivity contribution >= 4 is 43.1 Å². The summed E-state index contributed by atoms with van der Waals surface area (Å²) >= 11 is 0. The van der Waals surface area contributed by atoms with Crippen LogP contribution in [0.5, 0.6) is 23.0 Å². The molecule has 0 aliphatic rings. The lowest BCUT2D eigenvalue weighted by molar-refractivity contribution is 0.475. The van der Waals surface area contributed by atoms with E-state index in [9.17, 15) is 10.2 Å². The highest BCUT2D eigenvalue weighted by atomic mass is 16.3. The van der Waals surface area contributed by atoms with Gasteiger partial charge in [-0.25, -0.2) is 0 Å². The molecule has 0 aromatic heterocycles. The normalized spacial score (nSPS) is 9.76. The summed E-state index contributed by atoms with van der Waals surface area (Å²) in [7, 11) is 0. The fourth-order valence-corrected chi connectivity index (χ4v) is 6.79. The van der Waals surface area contributed by atoms with Gasteiger partial charge in [0.25, 0.3) is 0 Å². The van der Waals surface area contributed by atoms with E-state index in [1.54, 1.807) is 36.4 Å². The van der Waals surface area contributed by atoms with Crippen molar-refractivity contribution in [2.24, 2.45) is 0 Å². The van der Waals surface area contributed by atoms with Crippen LogP contribution in [0.25, 0.3) is 43.1 Å². The lowest BCUT2D eigenvalue weighted by Crippen LogP contribution is -1.81. The molecule has 0 fully saturated rings. The van der Waals surface area contributed by atoms with Crippen LogP contribution in [0, 0.1) is 0 Å². The number of aryl methyl sites for hydroxylation is 4. The molecule has 340 valence electrons. The van der Waals surface area contributed by atoms with Gasteiger partial charge in [0.2, 0.25) is 0 Å². The van der Waals surface area contributed by atoms with Gasteiger partial charge in [0.15, 0.2) is 0 Å². The average molecular weight is 877 g/mol. The third-order valence-corrected chi connectivity index (χ3v) is 10.7. The molecule has 0 atom stereocenters. The van der Waals surface area contributed by atoms with Gasteiger partial charge in [0.1, 0.15) is 23.0 Å². The number of fused-ring (bicyclic) bond motifs is 4. The average Bonchev–Trinajstić information content (AvgIpc) is 3.35. The van der Waals surface area contributed by atoms with Gasteiger partial charge in [-0.15, -0.1) is 0 Å². The lowest BCUT2D eigenvalue weighted by Gasteiger charge is -1.97. The maximum atomic E-state index is 9.37. The Morgan fingerprint density at radius 2 is 0.515 bits per heavy atom. The fraction of sp³-hybridized carbons (Fsp3) is 0.161. The minimum absolute atomic E-state index is 0. The Morgan fingerprint density at radius 3 is 0.803 bits per heavy atom. The maximum absolute atomic E-state index is 9.37. The summed E-state index contributed by atoms with van der Waals surface area (Å²) in [5.74, 6) is 1.35. The van der Waals surface area contributed by atoms with E-state index in [1.165, 1.54) is 22.3 Å². The molecule has 10 aromatic carbocycles. The van der Waals surface area contributed by atoms with Crippen LogP contribution < -0.4 is 0 Å². The topological polar surface area (TPSA) is 80.9 Å². The zero-order valence-electron chi connectivity index (χ0n) is 37.4. The number of hydrogen-bond donors (Lipinski definition) is 4. The van der Waals surface area contributed by atoms with Crippen molar-refractivity contribution in [1.82, 2.24) is 0 Å². The van der Waals surface area contributed by atoms with Gasteiger partial charge in [-0.1, -0.05) is 225 Å². The number of phenols is 4. The highest BCUT2D eigenvalue weighted by molar-refractivity contribution is 5.89. The summed E-state index contributed by atoms with van der Waals surface area (Å²) in [6.45, 7) is 8.73. The molecular formula is C62H68O4. The van der Waals surface area contributed by atoms with Crippen molar-refractivity contribution in [1.29, 1.82) is 0 Å². The summed E-state index contributed by atoms with van der Waals surface area (Å²) in [4.78, 5) is 0. The van der Waals surface area contributed by atoms with Crippen molar-refractivity contribution in [2.75, 3.05) is 0 Å². The summed E-state index contributed by atoms with van der Waals surface area (Å²) in [5, 5.41) is 45.4. The van der Waals surface area contributed by atoms with Crippen LogP contribution in [0.15, 0.2) is 218 Å². The molecule has 4 nitrogen and oxygen atoms in total. The smallest absolute Gasteiger partial charge is 0.123 e. The number of benzene rings is 10. The first-order valence-electron chi connectivity index (χ1n) is 22.1. The van der Waals surface area contributed by atoms with Crippen LogP contribution in [0.1, 0.15) is 64.8 Å². The molecule has 0 heterocycles. The highest BCUT2D eigenvalue weighted by Gasteiger charge is 1.97. The van der Waals surface area contributed by atoms with Crippen molar-refractivity contribution < 1.29 is 20.4 Å². The van der Waals surface area contributed by atoms with Crippen LogP contribution in [0.2, 0.25) is 0 Å². The molecule has 0 bridgehead atoms. The van der Waals surface area contributed by atoms with Crippen LogP contribution in [0.4, 0.5) is 0 Å². The molecule has 4 N–H and O–H groups in total. The van der Waals surface area contributed by atoms with Gasteiger partial charge >= 0.3 is 0 Å². The molecule has 10 aromatic rings. The first-order valence-corrected chi connectivity index (χ1v) is 22.1. The van der Waals surface area contributed by atoms with Gasteiger partial charge in [-0.3, -0.25) is 0 Å². The molecule has 0 amide bonds. The van der Waals surface area contributed by atoms with Crippen LogP contribution >= 0.6 is 0 Å². The Bertz CT molecular complexity index is 2650. The zero-order chi connectivity index (χ0) is 45.5. The van der Waals surface area contributed by atoms with E-state index < -0.39 is 0 Å². The highest BCUT2D eigenvalue weighted by Crippen LogP contribution is 2.24. The number of rotatable bonds is 4. The van der Waals surface area contributed by atoms with Gasteiger partial charge in [-0.05, 0) is 117 Å². The number of phenolic OH excluding ortho intramolecular Hbond substituents is 4. The van der Waals surface area contributed by atoms with E-state index in [2.05, 4.69) is 76.2 Å². The van der Waals surface area contributed by atoms with Crippen LogP contribution in [0.3, 0.4) is 0 Å². The molecule has 0 radical (unpaired) electrons. The summed E-state index contributed by atoms with van der Waals surface area (Å²) in [5.41, 5.74) is 5.71. The van der Waals surface area contributed by atoms with Gasteiger partial charge < -0.3 is 20.4 Å². The summed E-state index contributed by atoms with van der Waals surface area (Å²) in [6, 6.07) is 70.9. The molecule has 0 unspecified atom stereocenters. The summed E-state index contributed by atoms with van der Waals surface area (Å²) < 4.78 is 0. The molecule has 66 heavy (non-hydrogen) atoms. The second kappa shape index (κ2) is 28.3. The Balaban J connectivity index is 0.000000209. The van der Waals surface area contributed by atoms with Crippen molar-refractivity contribution in [3.8, 4) is 23.0 Å². The Morgan fingerprint density at radius 1 is 0.258 bits per heavy atom. The molecule has 0 spiro atoms. The first-order chi connectivity index (χ1) is 31.2. The van der Waals surface area contributed by atoms with E-state index in [1.807, 2.05) is 133 Å². The van der Waals surface area contributed by atoms with Crippen molar-refractivity contribution in [3.63, 3.8) is 0 Å². The Labute approximate surface area is 393 Å². The van der Waals surface area contributed by atoms with Crippen LogP contribution in [-0.4, -0.2) is 20.4 Å². The first kappa shape index (κ1) is 52.8. The second-order valence-corrected chi connectivity index (χ2v) is 15.1. The van der Waals surface area contributed by atoms with E-state index in [0.29, 0.717) is 23.0 Å². The minimum atomic E-state index is 0. The third kappa shape index (κ3) is 16.5. The lowest BCUT2D eigenvalue weighted by atomic mass is 10.1. The molecule has 4 heteroatoms. The van der Waals surface area contributed by atoms with Gasteiger partial charge in [-0.2, -0.15) is 0 Å². The second-order valence-electron chi connectivity index (χ2n) is 15.1. The quantitative estimate of drug-likeness (QED) is 0.142. The Kier molecular flexibility index (Phi) is 22.6. The molecule has 0 saturated carbocycles. The Hall–Kier alpha value is -7.56. The summed E-state index contributed by atoms with van der Waals surface area (Å²) in [6.07, 6.45) is 4.57. The van der Waals surface area contributed by atoms with Crippen molar-refractivity contribution in [3.05, 3.63) is 241 Å². The third-order valence-electron chi connectivity index (χ3n) is 10.7. The minimum Gasteiger partial charge on any atom is -0.508 e. The number of hydrogen-bond acceptors (Lipinski definition) is 4. The fourth-order valence-electron chi connectivity index (χ4n) is 6.79. The largest absolute Gasteiger partial charge is 0.508 e. The van der Waals surface area contributed by atoms with Crippen LogP contribution in [-0.2, 0) is 25.7 Å². The predicted molar refractivity (Wildman–Crippen MR) is 286 cm³/mol.